The Hall–Kier alpha value is -2.64. The third-order valence-electron chi connectivity index (χ3n) is 7.90. The summed E-state index contributed by atoms with van der Waals surface area (Å²) in [7, 11) is 0. The van der Waals surface area contributed by atoms with Gasteiger partial charge in [0.05, 0.1) is 6.61 Å². The number of ether oxygens (including phenoxy) is 1. The fraction of sp³-hybridized carbons (Fsp3) is 0.231. The Balaban J connectivity index is 1.72. The number of hydrogen-bond donors (Lipinski definition) is 0. The first kappa shape index (κ1) is 14.4. The van der Waals surface area contributed by atoms with Gasteiger partial charge < -0.3 is 4.74 Å². The van der Waals surface area contributed by atoms with Gasteiger partial charge in [-0.2, -0.15) is 0 Å². The fourth-order valence-electron chi connectivity index (χ4n) is 6.92. The summed E-state index contributed by atoms with van der Waals surface area (Å²) in [6.07, 6.45) is 9.22. The molecule has 1 aliphatic heterocycles. The van der Waals surface area contributed by atoms with E-state index in [0.29, 0.717) is 5.92 Å². The van der Waals surface area contributed by atoms with E-state index in [9.17, 15) is 0 Å². The van der Waals surface area contributed by atoms with Crippen molar-refractivity contribution in [2.45, 2.75) is 23.9 Å². The molecule has 1 spiro atoms. The molecule has 130 valence electrons. The van der Waals surface area contributed by atoms with Crippen molar-refractivity contribution in [2.75, 3.05) is 6.61 Å². The van der Waals surface area contributed by atoms with Crippen LogP contribution < -0.4 is 0 Å². The zero-order valence-corrected chi connectivity index (χ0v) is 15.3. The second kappa shape index (κ2) is 4.26. The standard InChI is InChI=1S/C26H20O/c1-24-16-27-26-15-7-6-14-25(24,26)23(19-10-4-5-11-20(19)26)22-18-9-3-2-8-17(18)12-13-21(22)24/h2-15,23H,16H2,1H3/t23?,24-,25?,26+/m0/s1. The summed E-state index contributed by atoms with van der Waals surface area (Å²) in [5.74, 6) is 0.337. The molecular weight excluding hydrogens is 328 g/mol. The smallest absolute Gasteiger partial charge is 0.123 e. The summed E-state index contributed by atoms with van der Waals surface area (Å²) in [6.45, 7) is 3.19. The predicted octanol–water partition coefficient (Wildman–Crippen LogP) is 5.59. The Labute approximate surface area is 159 Å². The summed E-state index contributed by atoms with van der Waals surface area (Å²) in [5, 5.41) is 2.74. The number of allylic oxidation sites excluding steroid dienone is 2. The van der Waals surface area contributed by atoms with Crippen LogP contribution in [0.15, 0.2) is 85.0 Å². The van der Waals surface area contributed by atoms with E-state index >= 15 is 0 Å². The topological polar surface area (TPSA) is 9.23 Å². The zero-order valence-electron chi connectivity index (χ0n) is 15.3. The molecule has 3 aromatic rings. The molecule has 0 aromatic heterocycles. The molecule has 1 saturated heterocycles. The molecule has 27 heavy (non-hydrogen) atoms. The maximum absolute atomic E-state index is 6.75. The number of fused-ring (bicyclic) bond motifs is 7. The normalized spacial score (nSPS) is 36.6. The molecule has 2 unspecified atom stereocenters. The van der Waals surface area contributed by atoms with Gasteiger partial charge in [0.1, 0.15) is 5.60 Å². The van der Waals surface area contributed by atoms with Crippen molar-refractivity contribution < 1.29 is 4.74 Å². The molecule has 3 aromatic carbocycles. The zero-order chi connectivity index (χ0) is 17.9. The fourth-order valence-corrected chi connectivity index (χ4v) is 6.92. The predicted molar refractivity (Wildman–Crippen MR) is 108 cm³/mol. The van der Waals surface area contributed by atoms with Gasteiger partial charge in [0, 0.05) is 16.7 Å². The average Bonchev–Trinajstić information content (AvgIpc) is 3.24. The van der Waals surface area contributed by atoms with Crippen LogP contribution in [0.1, 0.15) is 35.1 Å². The van der Waals surface area contributed by atoms with E-state index in [1.807, 2.05) is 0 Å². The molecule has 1 fully saturated rings. The second-order valence-corrected chi connectivity index (χ2v) is 8.71. The van der Waals surface area contributed by atoms with E-state index < -0.39 is 0 Å². The largest absolute Gasteiger partial charge is 0.364 e. The highest BCUT2D eigenvalue weighted by atomic mass is 16.5. The molecule has 1 heterocycles. The summed E-state index contributed by atoms with van der Waals surface area (Å²) < 4.78 is 6.75. The van der Waals surface area contributed by atoms with Crippen molar-refractivity contribution in [1.82, 2.24) is 0 Å². The number of benzene rings is 3. The molecule has 1 heteroatoms. The Kier molecular flexibility index (Phi) is 2.28. The van der Waals surface area contributed by atoms with Gasteiger partial charge in [-0.1, -0.05) is 85.8 Å². The van der Waals surface area contributed by atoms with Crippen LogP contribution in [0.3, 0.4) is 0 Å². The lowest BCUT2D eigenvalue weighted by Crippen LogP contribution is -2.46. The monoisotopic (exact) mass is 348 g/mol. The minimum Gasteiger partial charge on any atom is -0.364 e. The van der Waals surface area contributed by atoms with Crippen LogP contribution in [-0.2, 0) is 15.8 Å². The van der Waals surface area contributed by atoms with Crippen molar-refractivity contribution in [3.63, 3.8) is 0 Å². The molecule has 0 saturated carbocycles. The minimum absolute atomic E-state index is 0.0304. The lowest BCUT2D eigenvalue weighted by molar-refractivity contribution is -0.00234. The van der Waals surface area contributed by atoms with Gasteiger partial charge in [-0.15, -0.1) is 0 Å². The van der Waals surface area contributed by atoms with Crippen molar-refractivity contribution in [3.05, 3.63) is 107 Å². The molecule has 0 bridgehead atoms. The molecule has 0 radical (unpaired) electrons. The van der Waals surface area contributed by atoms with E-state index in [-0.39, 0.29) is 16.4 Å². The lowest BCUT2D eigenvalue weighted by atomic mass is 9.56. The highest BCUT2D eigenvalue weighted by Gasteiger charge is 2.77. The third-order valence-corrected chi connectivity index (χ3v) is 7.90. The molecule has 0 amide bonds. The second-order valence-electron chi connectivity index (χ2n) is 8.71. The third kappa shape index (κ3) is 1.25. The SMILES string of the molecule is C[C@@]12CO[C@@]34C=CC=CC13C(c1ccccc14)c1c2ccc2ccccc12. The first-order valence-electron chi connectivity index (χ1n) is 9.86. The van der Waals surface area contributed by atoms with Crippen LogP contribution >= 0.6 is 0 Å². The summed E-state index contributed by atoms with van der Waals surface area (Å²) in [5.41, 5.74) is 5.34. The highest BCUT2D eigenvalue weighted by molar-refractivity contribution is 5.91. The van der Waals surface area contributed by atoms with Crippen LogP contribution in [0, 0.1) is 5.41 Å². The van der Waals surface area contributed by atoms with Crippen molar-refractivity contribution in [3.8, 4) is 0 Å². The highest BCUT2D eigenvalue weighted by Crippen LogP contribution is 2.78. The van der Waals surface area contributed by atoms with Crippen LogP contribution in [-0.4, -0.2) is 6.61 Å². The van der Waals surface area contributed by atoms with Crippen molar-refractivity contribution >= 4 is 10.8 Å². The summed E-state index contributed by atoms with van der Waals surface area (Å²) >= 11 is 0. The van der Waals surface area contributed by atoms with Crippen LogP contribution in [0.4, 0.5) is 0 Å². The van der Waals surface area contributed by atoms with Crippen molar-refractivity contribution in [1.29, 1.82) is 0 Å². The van der Waals surface area contributed by atoms with E-state index in [1.54, 1.807) is 0 Å². The molecule has 3 aliphatic carbocycles. The Morgan fingerprint density at radius 1 is 0.852 bits per heavy atom. The minimum atomic E-state index is -0.349. The van der Waals surface area contributed by atoms with Gasteiger partial charge in [-0.05, 0) is 39.1 Å². The van der Waals surface area contributed by atoms with E-state index in [0.717, 1.165) is 6.61 Å². The molecule has 4 atom stereocenters. The molecular formula is C26H20O. The van der Waals surface area contributed by atoms with Crippen molar-refractivity contribution in [2.24, 2.45) is 5.41 Å². The quantitative estimate of drug-likeness (QED) is 0.514. The van der Waals surface area contributed by atoms with Crippen LogP contribution in [0.2, 0.25) is 0 Å². The van der Waals surface area contributed by atoms with Gasteiger partial charge in [-0.25, -0.2) is 0 Å². The Morgan fingerprint density at radius 2 is 1.67 bits per heavy atom. The molecule has 1 nitrogen and oxygen atoms in total. The summed E-state index contributed by atoms with van der Waals surface area (Å²) in [6, 6.07) is 22.5. The lowest BCUT2D eigenvalue weighted by Gasteiger charge is -2.44. The number of hydrogen-bond acceptors (Lipinski definition) is 1. The van der Waals surface area contributed by atoms with E-state index in [1.165, 1.54) is 33.0 Å². The van der Waals surface area contributed by atoms with Gasteiger partial charge in [0.15, 0.2) is 0 Å². The van der Waals surface area contributed by atoms with Crippen LogP contribution in [0.5, 0.6) is 0 Å². The first-order chi connectivity index (χ1) is 13.2. The average molecular weight is 348 g/mol. The van der Waals surface area contributed by atoms with E-state index in [2.05, 4.69) is 91.9 Å². The first-order valence-corrected chi connectivity index (χ1v) is 9.86. The molecule has 4 aliphatic rings. The van der Waals surface area contributed by atoms with Gasteiger partial charge in [0.2, 0.25) is 0 Å². The van der Waals surface area contributed by atoms with Gasteiger partial charge in [-0.3, -0.25) is 0 Å². The van der Waals surface area contributed by atoms with E-state index in [4.69, 9.17) is 4.74 Å². The molecule has 0 N–H and O–H groups in total. The number of rotatable bonds is 0. The summed E-state index contributed by atoms with van der Waals surface area (Å²) in [4.78, 5) is 0. The maximum atomic E-state index is 6.75. The Morgan fingerprint density at radius 3 is 2.63 bits per heavy atom. The van der Waals surface area contributed by atoms with Gasteiger partial charge >= 0.3 is 0 Å². The Bertz CT molecular complexity index is 1220. The van der Waals surface area contributed by atoms with Gasteiger partial charge in [0.25, 0.3) is 0 Å². The maximum Gasteiger partial charge on any atom is 0.123 e. The van der Waals surface area contributed by atoms with Crippen LogP contribution in [0.25, 0.3) is 10.8 Å². The molecule has 7 rings (SSSR count).